The molecule has 3 rings (SSSR count). The van der Waals surface area contributed by atoms with Gasteiger partial charge in [0.1, 0.15) is 17.3 Å². The molecule has 1 aromatic heterocycles. The van der Waals surface area contributed by atoms with Gasteiger partial charge in [-0.25, -0.2) is 4.98 Å². The summed E-state index contributed by atoms with van der Waals surface area (Å²) in [5.41, 5.74) is 1.18. The second kappa shape index (κ2) is 5.05. The Hall–Kier alpha value is -2.21. The minimum absolute atomic E-state index is 0.182. The van der Waals surface area contributed by atoms with E-state index < -0.39 is 0 Å². The van der Waals surface area contributed by atoms with Gasteiger partial charge in [0.05, 0.1) is 0 Å². The molecule has 1 aliphatic rings. The molecular weight excluding hydrogens is 272 g/mol. The highest BCUT2D eigenvalue weighted by molar-refractivity contribution is 7.71. The van der Waals surface area contributed by atoms with Gasteiger partial charge in [-0.05, 0) is 19.1 Å². The highest BCUT2D eigenvalue weighted by Crippen LogP contribution is 2.27. The van der Waals surface area contributed by atoms with Crippen molar-refractivity contribution in [2.24, 2.45) is 0 Å². The molecule has 0 unspecified atom stereocenters. The molecule has 0 bridgehead atoms. The van der Waals surface area contributed by atoms with E-state index in [1.54, 1.807) is 12.1 Å². The van der Waals surface area contributed by atoms with Gasteiger partial charge in [-0.1, -0.05) is 30.4 Å². The topological polar surface area (TPSA) is 59.0 Å². The molecule has 2 aromatic rings. The third-order valence-corrected chi connectivity index (χ3v) is 3.57. The second-order valence-corrected chi connectivity index (χ2v) is 4.97. The highest BCUT2D eigenvalue weighted by atomic mass is 32.1. The summed E-state index contributed by atoms with van der Waals surface area (Å²) >= 11 is 5.27. The first-order valence-corrected chi connectivity index (χ1v) is 6.79. The normalized spacial score (nSPS) is 12.7. The first kappa shape index (κ1) is 12.8. The number of aromatic nitrogens is 2. The number of anilines is 2. The average molecular weight is 286 g/mol. The summed E-state index contributed by atoms with van der Waals surface area (Å²) in [5.74, 6) is 1.51. The largest absolute Gasteiger partial charge is 0.368 e. The van der Waals surface area contributed by atoms with E-state index >= 15 is 0 Å². The van der Waals surface area contributed by atoms with Gasteiger partial charge in [0.25, 0.3) is 5.91 Å². The highest BCUT2D eigenvalue weighted by Gasteiger charge is 2.19. The number of amides is 1. The van der Waals surface area contributed by atoms with E-state index in [4.69, 9.17) is 12.2 Å². The maximum Gasteiger partial charge on any atom is 0.255 e. The van der Waals surface area contributed by atoms with Gasteiger partial charge < -0.3 is 15.2 Å². The van der Waals surface area contributed by atoms with Crippen LogP contribution in [0.3, 0.4) is 0 Å². The van der Waals surface area contributed by atoms with Gasteiger partial charge in [0.2, 0.25) is 0 Å². The van der Waals surface area contributed by atoms with Gasteiger partial charge in [-0.3, -0.25) is 4.79 Å². The van der Waals surface area contributed by atoms with Crippen LogP contribution in [0.25, 0.3) is 0 Å². The first-order chi connectivity index (χ1) is 9.66. The Bertz CT molecular complexity index is 724. The summed E-state index contributed by atoms with van der Waals surface area (Å²) < 4.78 is 2.43. The molecule has 1 aromatic carbocycles. The van der Waals surface area contributed by atoms with Crippen molar-refractivity contribution in [1.29, 1.82) is 0 Å². The van der Waals surface area contributed by atoms with Crippen LogP contribution < -0.4 is 10.6 Å². The van der Waals surface area contributed by atoms with Crippen LogP contribution in [-0.4, -0.2) is 22.0 Å². The number of benzene rings is 1. The zero-order chi connectivity index (χ0) is 14.1. The predicted octanol–water partition coefficient (Wildman–Crippen LogP) is 2.60. The third kappa shape index (κ3) is 2.18. The van der Waals surface area contributed by atoms with E-state index in [0.717, 1.165) is 24.7 Å². The minimum Gasteiger partial charge on any atom is -0.368 e. The molecule has 0 spiro atoms. The molecule has 1 aliphatic heterocycles. The molecule has 2 N–H and O–H groups in total. The fraction of sp³-hybridized carbons (Fsp3) is 0.214. The molecule has 102 valence electrons. The molecule has 0 atom stereocenters. The van der Waals surface area contributed by atoms with Crippen molar-refractivity contribution in [1.82, 2.24) is 9.55 Å². The first-order valence-electron chi connectivity index (χ1n) is 6.38. The number of fused-ring (bicyclic) bond motifs is 1. The van der Waals surface area contributed by atoms with E-state index in [1.807, 2.05) is 29.7 Å². The smallest absolute Gasteiger partial charge is 0.255 e. The molecule has 1 amide bonds. The fourth-order valence-electron chi connectivity index (χ4n) is 2.29. The Morgan fingerprint density at radius 3 is 2.90 bits per heavy atom. The summed E-state index contributed by atoms with van der Waals surface area (Å²) in [6, 6.07) is 9.06. The molecule has 0 saturated carbocycles. The summed E-state index contributed by atoms with van der Waals surface area (Å²) in [4.78, 5) is 16.5. The monoisotopic (exact) mass is 286 g/mol. The lowest BCUT2D eigenvalue weighted by Crippen LogP contribution is -2.15. The summed E-state index contributed by atoms with van der Waals surface area (Å²) in [6.45, 7) is 3.56. The maximum absolute atomic E-state index is 12.2. The van der Waals surface area contributed by atoms with Crippen molar-refractivity contribution in [3.05, 3.63) is 46.4 Å². The van der Waals surface area contributed by atoms with Crippen LogP contribution in [0, 0.1) is 11.6 Å². The lowest BCUT2D eigenvalue weighted by Gasteiger charge is -2.13. The van der Waals surface area contributed by atoms with E-state index in [2.05, 4.69) is 15.6 Å². The Morgan fingerprint density at radius 2 is 2.15 bits per heavy atom. The van der Waals surface area contributed by atoms with E-state index in [9.17, 15) is 4.79 Å². The molecule has 0 saturated heterocycles. The lowest BCUT2D eigenvalue weighted by atomic mass is 10.2. The van der Waals surface area contributed by atoms with Crippen molar-refractivity contribution < 1.29 is 4.79 Å². The van der Waals surface area contributed by atoms with Crippen LogP contribution in [0.4, 0.5) is 11.5 Å². The van der Waals surface area contributed by atoms with Gasteiger partial charge in [-0.15, -0.1) is 0 Å². The van der Waals surface area contributed by atoms with Crippen LogP contribution in [0.5, 0.6) is 0 Å². The van der Waals surface area contributed by atoms with Crippen LogP contribution in [0.2, 0.25) is 0 Å². The lowest BCUT2D eigenvalue weighted by molar-refractivity contribution is 0.102. The van der Waals surface area contributed by atoms with Crippen molar-refractivity contribution in [3.63, 3.8) is 0 Å². The average Bonchev–Trinajstić information content (AvgIpc) is 2.94. The Labute approximate surface area is 121 Å². The molecular formula is C14H14N4OS. The number of nitrogens with zero attached hydrogens (tertiary/aromatic N) is 2. The van der Waals surface area contributed by atoms with E-state index in [-0.39, 0.29) is 5.91 Å². The summed E-state index contributed by atoms with van der Waals surface area (Å²) in [6.07, 6.45) is 0. The minimum atomic E-state index is -0.182. The third-order valence-electron chi connectivity index (χ3n) is 3.28. The second-order valence-electron chi connectivity index (χ2n) is 4.59. The van der Waals surface area contributed by atoms with Crippen molar-refractivity contribution in [2.75, 3.05) is 17.2 Å². The van der Waals surface area contributed by atoms with Crippen molar-refractivity contribution in [2.45, 2.75) is 13.5 Å². The number of hydrogen-bond acceptors (Lipinski definition) is 4. The summed E-state index contributed by atoms with van der Waals surface area (Å²) in [5, 5.41) is 6.11. The Morgan fingerprint density at radius 1 is 1.40 bits per heavy atom. The predicted molar refractivity (Wildman–Crippen MR) is 80.7 cm³/mol. The summed E-state index contributed by atoms with van der Waals surface area (Å²) in [7, 11) is 0. The molecule has 6 heteroatoms. The fourth-order valence-corrected chi connectivity index (χ4v) is 2.57. The van der Waals surface area contributed by atoms with Crippen LogP contribution in [-0.2, 0) is 6.54 Å². The van der Waals surface area contributed by atoms with Crippen LogP contribution in [0.1, 0.15) is 16.2 Å². The van der Waals surface area contributed by atoms with Gasteiger partial charge >= 0.3 is 0 Å². The number of carbonyl (C=O) groups excluding carboxylic acids is 1. The Balaban J connectivity index is 1.98. The zero-order valence-corrected chi connectivity index (χ0v) is 11.8. The number of rotatable bonds is 2. The molecule has 2 heterocycles. The molecule has 5 nitrogen and oxygen atoms in total. The molecule has 20 heavy (non-hydrogen) atoms. The molecule has 0 aliphatic carbocycles. The zero-order valence-electron chi connectivity index (χ0n) is 11.0. The number of aryl methyl sites for hydroxylation is 1. The SMILES string of the molecule is Cc1nc(=S)c(NC(=O)c2ccccc2)c2n1CCN2. The van der Waals surface area contributed by atoms with Crippen LogP contribution in [0.15, 0.2) is 30.3 Å². The van der Waals surface area contributed by atoms with E-state index in [0.29, 0.717) is 15.9 Å². The quantitative estimate of drug-likeness (QED) is 0.833. The molecule has 0 fully saturated rings. The van der Waals surface area contributed by atoms with Crippen molar-refractivity contribution >= 4 is 29.6 Å². The molecule has 0 radical (unpaired) electrons. The number of carbonyl (C=O) groups is 1. The van der Waals surface area contributed by atoms with Gasteiger partial charge in [0, 0.05) is 18.7 Å². The van der Waals surface area contributed by atoms with Gasteiger partial charge in [-0.2, -0.15) is 0 Å². The maximum atomic E-state index is 12.2. The van der Waals surface area contributed by atoms with E-state index in [1.165, 1.54) is 0 Å². The van der Waals surface area contributed by atoms with Crippen molar-refractivity contribution in [3.8, 4) is 0 Å². The van der Waals surface area contributed by atoms with Crippen LogP contribution >= 0.6 is 12.2 Å². The van der Waals surface area contributed by atoms with Gasteiger partial charge in [0.15, 0.2) is 4.64 Å². The number of hydrogen-bond donors (Lipinski definition) is 2. The Kier molecular flexibility index (Phi) is 3.23. The standard InChI is InChI=1S/C14H14N4OS/c1-9-16-14(20)11(12-15-7-8-18(9)12)17-13(19)10-5-3-2-4-6-10/h2-6,15H,7-8H2,1H3,(H,17,19). The number of nitrogens with one attached hydrogen (secondary N) is 2.